The highest BCUT2D eigenvalue weighted by Crippen LogP contribution is 2.29. The normalized spacial score (nSPS) is 22.2. The van der Waals surface area contributed by atoms with E-state index >= 15 is 0 Å². The lowest BCUT2D eigenvalue weighted by atomic mass is 9.83. The van der Waals surface area contributed by atoms with Crippen molar-refractivity contribution in [1.29, 1.82) is 0 Å². The molecule has 0 atom stereocenters. The van der Waals surface area contributed by atoms with Crippen LogP contribution >= 0.6 is 0 Å². The summed E-state index contributed by atoms with van der Waals surface area (Å²) in [7, 11) is 0. The van der Waals surface area contributed by atoms with Gasteiger partial charge in [0, 0.05) is 23.8 Å². The number of nitrogens with one attached hydrogen (secondary N) is 1. The number of hydrogen-bond donors (Lipinski definition) is 2. The molecule has 1 aliphatic rings. The molecule has 1 fully saturated rings. The van der Waals surface area contributed by atoms with Gasteiger partial charge in [0.15, 0.2) is 0 Å². The lowest BCUT2D eigenvalue weighted by molar-refractivity contribution is 0.0140. The van der Waals surface area contributed by atoms with Crippen molar-refractivity contribution in [2.75, 3.05) is 0 Å². The Morgan fingerprint density at radius 2 is 1.90 bits per heavy atom. The molecule has 2 aromatic heterocycles. The zero-order valence-corrected chi connectivity index (χ0v) is 15.8. The minimum atomic E-state index is -2.72. The van der Waals surface area contributed by atoms with Gasteiger partial charge in [-0.25, -0.2) is 18.7 Å². The molecule has 152 valence electrons. The van der Waals surface area contributed by atoms with Crippen molar-refractivity contribution in [3.05, 3.63) is 47.9 Å². The molecular weight excluding hydrogens is 380 g/mol. The molecule has 0 radical (unpaired) electrons. The van der Waals surface area contributed by atoms with Crippen LogP contribution in [0.4, 0.5) is 8.78 Å². The fourth-order valence-electron chi connectivity index (χ4n) is 3.60. The largest absolute Gasteiger partial charge is 0.390 e. The number of para-hydroxylation sites is 1. The van der Waals surface area contributed by atoms with E-state index in [1.807, 2.05) is 0 Å². The third kappa shape index (κ3) is 3.95. The second-order valence-electron chi connectivity index (χ2n) is 7.63. The van der Waals surface area contributed by atoms with Crippen LogP contribution in [-0.4, -0.2) is 42.4 Å². The summed E-state index contributed by atoms with van der Waals surface area (Å²) in [5.74, 6) is -0.194. The quantitative estimate of drug-likeness (QED) is 0.701. The second-order valence-corrected chi connectivity index (χ2v) is 7.63. The van der Waals surface area contributed by atoms with Crippen LogP contribution in [0.1, 0.15) is 55.1 Å². The third-order valence-electron chi connectivity index (χ3n) is 5.31. The predicted molar refractivity (Wildman–Crippen MR) is 102 cm³/mol. The molecule has 1 amide bonds. The highest BCUT2D eigenvalue weighted by Gasteiger charge is 2.29. The maximum Gasteiger partial charge on any atom is 0.282 e. The monoisotopic (exact) mass is 401 g/mol. The molecule has 4 rings (SSSR count). The Morgan fingerprint density at radius 3 is 2.55 bits per heavy atom. The molecule has 1 saturated carbocycles. The van der Waals surface area contributed by atoms with Gasteiger partial charge in [0.05, 0.1) is 16.7 Å². The average molecular weight is 401 g/mol. The SMILES string of the molecule is CC1(O)CCC(NC(=O)c2cnc(-n3nc(C(F)F)c4ccccc43)nc2)CC1. The maximum absolute atomic E-state index is 13.3. The molecule has 0 bridgehead atoms. The van der Waals surface area contributed by atoms with E-state index in [1.165, 1.54) is 17.1 Å². The van der Waals surface area contributed by atoms with Crippen molar-refractivity contribution in [1.82, 2.24) is 25.1 Å². The van der Waals surface area contributed by atoms with E-state index in [0.29, 0.717) is 36.6 Å². The van der Waals surface area contributed by atoms with E-state index < -0.39 is 12.0 Å². The molecule has 2 heterocycles. The van der Waals surface area contributed by atoms with Crippen LogP contribution in [-0.2, 0) is 0 Å². The molecule has 3 aromatic rings. The number of amides is 1. The van der Waals surface area contributed by atoms with E-state index in [0.717, 1.165) is 0 Å². The maximum atomic E-state index is 13.3. The minimum absolute atomic E-state index is 0.00828. The Hall–Kier alpha value is -2.94. The highest BCUT2D eigenvalue weighted by molar-refractivity contribution is 5.93. The Labute approximate surface area is 165 Å². The number of benzene rings is 1. The number of halogens is 2. The summed E-state index contributed by atoms with van der Waals surface area (Å²) < 4.78 is 27.8. The molecule has 0 saturated heterocycles. The Morgan fingerprint density at radius 1 is 1.24 bits per heavy atom. The van der Waals surface area contributed by atoms with E-state index in [2.05, 4.69) is 20.4 Å². The first-order chi connectivity index (χ1) is 13.8. The summed E-state index contributed by atoms with van der Waals surface area (Å²) in [6.45, 7) is 1.80. The second kappa shape index (κ2) is 7.47. The van der Waals surface area contributed by atoms with Crippen LogP contribution in [0, 0.1) is 0 Å². The number of aromatic nitrogens is 4. The van der Waals surface area contributed by atoms with Crippen LogP contribution in [0.25, 0.3) is 16.9 Å². The Bertz CT molecular complexity index is 1020. The number of alkyl halides is 2. The molecule has 1 aromatic carbocycles. The fraction of sp³-hybridized carbons (Fsp3) is 0.400. The Kier molecular flexibility index (Phi) is 4.99. The summed E-state index contributed by atoms with van der Waals surface area (Å²) >= 11 is 0. The van der Waals surface area contributed by atoms with E-state index in [-0.39, 0.29) is 29.2 Å². The summed E-state index contributed by atoms with van der Waals surface area (Å²) in [5, 5.41) is 17.2. The molecule has 0 spiro atoms. The summed E-state index contributed by atoms with van der Waals surface area (Å²) in [4.78, 5) is 20.8. The number of carbonyl (C=O) groups is 1. The van der Waals surface area contributed by atoms with Gasteiger partial charge in [0.2, 0.25) is 0 Å². The predicted octanol–water partition coefficient (Wildman–Crippen LogP) is 3.18. The number of aliphatic hydroxyl groups is 1. The molecule has 7 nitrogen and oxygen atoms in total. The van der Waals surface area contributed by atoms with Gasteiger partial charge < -0.3 is 10.4 Å². The topological polar surface area (TPSA) is 92.9 Å². The number of carbonyl (C=O) groups excluding carboxylic acids is 1. The van der Waals surface area contributed by atoms with Gasteiger partial charge in [-0.1, -0.05) is 18.2 Å². The number of fused-ring (bicyclic) bond motifs is 1. The van der Waals surface area contributed by atoms with Crippen LogP contribution in [0.3, 0.4) is 0 Å². The molecular formula is C20H21F2N5O2. The molecule has 2 N–H and O–H groups in total. The van der Waals surface area contributed by atoms with Crippen LogP contribution in [0.5, 0.6) is 0 Å². The van der Waals surface area contributed by atoms with Gasteiger partial charge in [-0.05, 0) is 38.7 Å². The zero-order valence-electron chi connectivity index (χ0n) is 15.8. The lowest BCUT2D eigenvalue weighted by Gasteiger charge is -2.33. The zero-order chi connectivity index (χ0) is 20.6. The first-order valence-electron chi connectivity index (χ1n) is 9.45. The lowest BCUT2D eigenvalue weighted by Crippen LogP contribution is -2.42. The summed E-state index contributed by atoms with van der Waals surface area (Å²) in [5.41, 5.74) is -0.264. The van der Waals surface area contributed by atoms with Gasteiger partial charge in [-0.3, -0.25) is 4.79 Å². The van der Waals surface area contributed by atoms with Gasteiger partial charge in [0.1, 0.15) is 5.69 Å². The Balaban J connectivity index is 1.53. The van der Waals surface area contributed by atoms with Gasteiger partial charge in [0.25, 0.3) is 18.3 Å². The minimum Gasteiger partial charge on any atom is -0.390 e. The van der Waals surface area contributed by atoms with Crippen molar-refractivity contribution in [2.24, 2.45) is 0 Å². The number of hydrogen-bond acceptors (Lipinski definition) is 5. The molecule has 1 aliphatic carbocycles. The van der Waals surface area contributed by atoms with Gasteiger partial charge in [-0.2, -0.15) is 9.78 Å². The standard InChI is InChI=1S/C20H21F2N5O2/c1-20(29)8-6-13(7-9-20)25-18(28)12-10-23-19(24-11-12)27-15-5-3-2-4-14(15)16(26-27)17(21)22/h2-5,10-11,13,17,29H,6-9H2,1H3,(H,25,28). The molecule has 9 heteroatoms. The van der Waals surface area contributed by atoms with Crippen molar-refractivity contribution >= 4 is 16.8 Å². The van der Waals surface area contributed by atoms with Crippen molar-refractivity contribution < 1.29 is 18.7 Å². The van der Waals surface area contributed by atoms with Crippen molar-refractivity contribution in [2.45, 2.75) is 50.7 Å². The highest BCUT2D eigenvalue weighted by atomic mass is 19.3. The number of rotatable bonds is 4. The first kappa shape index (κ1) is 19.4. The summed E-state index contributed by atoms with van der Waals surface area (Å²) in [6, 6.07) is 6.61. The van der Waals surface area contributed by atoms with Crippen LogP contribution in [0.2, 0.25) is 0 Å². The van der Waals surface area contributed by atoms with E-state index in [9.17, 15) is 18.7 Å². The van der Waals surface area contributed by atoms with Crippen molar-refractivity contribution in [3.63, 3.8) is 0 Å². The fourth-order valence-corrected chi connectivity index (χ4v) is 3.60. The molecule has 29 heavy (non-hydrogen) atoms. The van der Waals surface area contributed by atoms with E-state index in [1.54, 1.807) is 31.2 Å². The third-order valence-corrected chi connectivity index (χ3v) is 5.31. The van der Waals surface area contributed by atoms with Crippen molar-refractivity contribution in [3.8, 4) is 5.95 Å². The number of nitrogens with zero attached hydrogens (tertiary/aromatic N) is 4. The molecule has 0 unspecified atom stereocenters. The van der Waals surface area contributed by atoms with Gasteiger partial charge >= 0.3 is 0 Å². The van der Waals surface area contributed by atoms with Crippen LogP contribution in [0.15, 0.2) is 36.7 Å². The molecule has 0 aliphatic heterocycles. The summed E-state index contributed by atoms with van der Waals surface area (Å²) in [6.07, 6.45) is 2.66. The van der Waals surface area contributed by atoms with Gasteiger partial charge in [-0.15, -0.1) is 0 Å². The van der Waals surface area contributed by atoms with E-state index in [4.69, 9.17) is 0 Å². The first-order valence-corrected chi connectivity index (χ1v) is 9.45. The smallest absolute Gasteiger partial charge is 0.282 e. The van der Waals surface area contributed by atoms with Crippen LogP contribution < -0.4 is 5.32 Å². The average Bonchev–Trinajstić information content (AvgIpc) is 3.10.